The molecule has 1 aliphatic rings. The maximum absolute atomic E-state index is 13.4. The largest absolute Gasteiger partial charge is 0.351 e. The van der Waals surface area contributed by atoms with Crippen molar-refractivity contribution in [2.24, 2.45) is 0 Å². The SMILES string of the molecule is O=C(NCCN1CCN(c2nc3ccc(F)cc3s2)CC1)c1ccc(Br)cc1. The van der Waals surface area contributed by atoms with Gasteiger partial charge in [-0.25, -0.2) is 9.37 Å². The second-order valence-electron chi connectivity index (χ2n) is 6.70. The van der Waals surface area contributed by atoms with Gasteiger partial charge in [-0.1, -0.05) is 27.3 Å². The van der Waals surface area contributed by atoms with Gasteiger partial charge < -0.3 is 10.2 Å². The number of amides is 1. The molecule has 0 aliphatic carbocycles. The molecule has 1 amide bonds. The highest BCUT2D eigenvalue weighted by Gasteiger charge is 2.20. The van der Waals surface area contributed by atoms with Gasteiger partial charge in [0.1, 0.15) is 5.82 Å². The number of nitrogens with one attached hydrogen (secondary N) is 1. The summed E-state index contributed by atoms with van der Waals surface area (Å²) in [6.07, 6.45) is 0. The van der Waals surface area contributed by atoms with Crippen LogP contribution in [0.5, 0.6) is 0 Å². The maximum Gasteiger partial charge on any atom is 0.251 e. The molecule has 5 nitrogen and oxygen atoms in total. The molecule has 28 heavy (non-hydrogen) atoms. The topological polar surface area (TPSA) is 48.5 Å². The van der Waals surface area contributed by atoms with E-state index in [2.05, 4.69) is 36.0 Å². The molecule has 1 aromatic heterocycles. The standard InChI is InChI=1S/C20H20BrFN4OS/c21-15-3-1-14(2-4-15)19(27)23-7-8-25-9-11-26(12-10-25)20-24-17-6-5-16(22)13-18(17)28-20/h1-6,13H,7-12H2,(H,23,27). The number of aromatic nitrogens is 1. The van der Waals surface area contributed by atoms with Crippen molar-refractivity contribution in [2.45, 2.75) is 0 Å². The molecule has 0 radical (unpaired) electrons. The van der Waals surface area contributed by atoms with Crippen LogP contribution in [-0.2, 0) is 0 Å². The van der Waals surface area contributed by atoms with Gasteiger partial charge in [-0.3, -0.25) is 9.69 Å². The monoisotopic (exact) mass is 462 g/mol. The van der Waals surface area contributed by atoms with Gasteiger partial charge >= 0.3 is 0 Å². The van der Waals surface area contributed by atoms with E-state index in [-0.39, 0.29) is 11.7 Å². The lowest BCUT2D eigenvalue weighted by Gasteiger charge is -2.34. The van der Waals surface area contributed by atoms with Crippen LogP contribution in [0.15, 0.2) is 46.9 Å². The molecular weight excluding hydrogens is 443 g/mol. The molecule has 0 unspecified atom stereocenters. The van der Waals surface area contributed by atoms with Crippen molar-refractivity contribution in [3.63, 3.8) is 0 Å². The summed E-state index contributed by atoms with van der Waals surface area (Å²) >= 11 is 4.91. The number of hydrogen-bond donors (Lipinski definition) is 1. The minimum Gasteiger partial charge on any atom is -0.351 e. The molecule has 0 saturated carbocycles. The Morgan fingerprint density at radius 3 is 2.64 bits per heavy atom. The zero-order valence-corrected chi connectivity index (χ0v) is 17.6. The highest BCUT2D eigenvalue weighted by Crippen LogP contribution is 2.29. The summed E-state index contributed by atoms with van der Waals surface area (Å²) in [5.41, 5.74) is 1.51. The zero-order valence-electron chi connectivity index (χ0n) is 15.2. The quantitative estimate of drug-likeness (QED) is 0.627. The first kappa shape index (κ1) is 19.3. The number of halogens is 2. The van der Waals surface area contributed by atoms with E-state index in [0.29, 0.717) is 12.1 Å². The molecule has 146 valence electrons. The molecular formula is C20H20BrFN4OS. The predicted molar refractivity (Wildman–Crippen MR) is 115 cm³/mol. The minimum absolute atomic E-state index is 0.0483. The Morgan fingerprint density at radius 2 is 1.89 bits per heavy atom. The predicted octanol–water partition coefficient (Wildman–Crippen LogP) is 3.75. The van der Waals surface area contributed by atoms with Crippen LogP contribution in [0.1, 0.15) is 10.4 Å². The summed E-state index contributed by atoms with van der Waals surface area (Å²) in [7, 11) is 0. The molecule has 4 rings (SSSR count). The fourth-order valence-corrected chi connectivity index (χ4v) is 4.52. The molecule has 0 atom stereocenters. The molecule has 1 aliphatic heterocycles. The van der Waals surface area contributed by atoms with E-state index in [1.54, 1.807) is 12.1 Å². The van der Waals surface area contributed by atoms with Crippen molar-refractivity contribution in [3.8, 4) is 0 Å². The first-order valence-electron chi connectivity index (χ1n) is 9.16. The third-order valence-electron chi connectivity index (χ3n) is 4.80. The number of piperazine rings is 1. The van der Waals surface area contributed by atoms with Crippen LogP contribution >= 0.6 is 27.3 Å². The molecule has 0 spiro atoms. The highest BCUT2D eigenvalue weighted by molar-refractivity contribution is 9.10. The van der Waals surface area contributed by atoms with E-state index >= 15 is 0 Å². The van der Waals surface area contributed by atoms with Crippen LogP contribution in [0.3, 0.4) is 0 Å². The van der Waals surface area contributed by atoms with E-state index in [1.165, 1.54) is 17.4 Å². The van der Waals surface area contributed by atoms with Crippen molar-refractivity contribution in [3.05, 3.63) is 58.3 Å². The number of benzene rings is 2. The summed E-state index contributed by atoms with van der Waals surface area (Å²) in [5, 5.41) is 3.92. The number of nitrogens with zero attached hydrogens (tertiary/aromatic N) is 3. The lowest BCUT2D eigenvalue weighted by Crippen LogP contribution is -2.48. The molecule has 2 heterocycles. The van der Waals surface area contributed by atoms with Gasteiger partial charge in [0.2, 0.25) is 0 Å². The third kappa shape index (κ3) is 4.51. The van der Waals surface area contributed by atoms with Crippen LogP contribution in [0.4, 0.5) is 9.52 Å². The molecule has 3 aromatic rings. The summed E-state index contributed by atoms with van der Waals surface area (Å²) in [5.74, 6) is -0.273. The van der Waals surface area contributed by atoms with Crippen LogP contribution in [-0.4, -0.2) is 55.1 Å². The summed E-state index contributed by atoms with van der Waals surface area (Å²) in [6.45, 7) is 5.03. The Labute approximate surface area is 175 Å². The molecule has 1 fully saturated rings. The zero-order chi connectivity index (χ0) is 19.5. The second kappa shape index (κ2) is 8.55. The van der Waals surface area contributed by atoms with E-state index in [1.807, 2.05) is 24.3 Å². The summed E-state index contributed by atoms with van der Waals surface area (Å²) in [6, 6.07) is 12.1. The van der Waals surface area contributed by atoms with Crippen LogP contribution in [0.25, 0.3) is 10.2 Å². The lowest BCUT2D eigenvalue weighted by molar-refractivity contribution is 0.0948. The molecule has 2 aromatic carbocycles. The van der Waals surface area contributed by atoms with Crippen LogP contribution < -0.4 is 10.2 Å². The van der Waals surface area contributed by atoms with E-state index in [0.717, 1.165) is 52.5 Å². The smallest absolute Gasteiger partial charge is 0.251 e. The van der Waals surface area contributed by atoms with Gasteiger partial charge in [0.25, 0.3) is 5.91 Å². The van der Waals surface area contributed by atoms with Crippen molar-refractivity contribution in [1.82, 2.24) is 15.2 Å². The second-order valence-corrected chi connectivity index (χ2v) is 8.62. The van der Waals surface area contributed by atoms with Crippen molar-refractivity contribution < 1.29 is 9.18 Å². The first-order chi connectivity index (χ1) is 13.6. The number of thiazole rings is 1. The van der Waals surface area contributed by atoms with Gasteiger partial charge in [0.05, 0.1) is 10.2 Å². The van der Waals surface area contributed by atoms with Gasteiger partial charge in [-0.2, -0.15) is 0 Å². The Morgan fingerprint density at radius 1 is 1.14 bits per heavy atom. The van der Waals surface area contributed by atoms with E-state index in [9.17, 15) is 9.18 Å². The van der Waals surface area contributed by atoms with Gasteiger partial charge in [-0.15, -0.1) is 0 Å². The molecule has 1 saturated heterocycles. The average molecular weight is 463 g/mol. The van der Waals surface area contributed by atoms with E-state index in [4.69, 9.17) is 0 Å². The normalized spacial score (nSPS) is 15.1. The summed E-state index contributed by atoms with van der Waals surface area (Å²) in [4.78, 5) is 21.4. The Kier molecular flexibility index (Phi) is 5.89. The molecule has 1 N–H and O–H groups in total. The lowest BCUT2D eigenvalue weighted by atomic mass is 10.2. The minimum atomic E-state index is -0.224. The Balaban J connectivity index is 1.24. The van der Waals surface area contributed by atoms with Crippen LogP contribution in [0, 0.1) is 5.82 Å². The number of anilines is 1. The summed E-state index contributed by atoms with van der Waals surface area (Å²) < 4.78 is 15.2. The fourth-order valence-electron chi connectivity index (χ4n) is 3.22. The van der Waals surface area contributed by atoms with Gasteiger partial charge in [-0.05, 0) is 42.5 Å². The molecule has 0 bridgehead atoms. The molecule has 8 heteroatoms. The van der Waals surface area contributed by atoms with Crippen molar-refractivity contribution in [1.29, 1.82) is 0 Å². The van der Waals surface area contributed by atoms with Crippen molar-refractivity contribution in [2.75, 3.05) is 44.2 Å². The average Bonchev–Trinajstić information content (AvgIpc) is 3.12. The van der Waals surface area contributed by atoms with Crippen molar-refractivity contribution >= 4 is 48.5 Å². The number of carbonyl (C=O) groups is 1. The fraction of sp³-hybridized carbons (Fsp3) is 0.300. The number of rotatable bonds is 5. The first-order valence-corrected chi connectivity index (χ1v) is 10.8. The van der Waals surface area contributed by atoms with Gasteiger partial charge in [0, 0.05) is 49.3 Å². The Hall–Kier alpha value is -2.03. The number of carbonyl (C=O) groups excluding carboxylic acids is 1. The maximum atomic E-state index is 13.4. The van der Waals surface area contributed by atoms with Crippen LogP contribution in [0.2, 0.25) is 0 Å². The number of fused-ring (bicyclic) bond motifs is 1. The number of hydrogen-bond acceptors (Lipinski definition) is 5. The van der Waals surface area contributed by atoms with Gasteiger partial charge in [0.15, 0.2) is 5.13 Å². The highest BCUT2D eigenvalue weighted by atomic mass is 79.9. The Bertz CT molecular complexity index is 970. The third-order valence-corrected chi connectivity index (χ3v) is 6.41. The van der Waals surface area contributed by atoms with E-state index < -0.39 is 0 Å².